The highest BCUT2D eigenvalue weighted by atomic mass is 16.6. The van der Waals surface area contributed by atoms with Gasteiger partial charge in [-0.2, -0.15) is 0 Å². The number of carbonyl (C=O) groups excluding carboxylic acids is 3. The Morgan fingerprint density at radius 2 is 1.65 bits per heavy atom. The molecule has 31 heavy (non-hydrogen) atoms. The van der Waals surface area contributed by atoms with E-state index in [1.807, 2.05) is 48.5 Å². The van der Waals surface area contributed by atoms with Crippen LogP contribution in [0.25, 0.3) is 0 Å². The lowest BCUT2D eigenvalue weighted by atomic mass is 9.76. The van der Waals surface area contributed by atoms with E-state index in [9.17, 15) is 14.4 Å². The second kappa shape index (κ2) is 7.84. The van der Waals surface area contributed by atoms with Gasteiger partial charge >= 0.3 is 6.09 Å². The van der Waals surface area contributed by atoms with Crippen molar-refractivity contribution in [3.8, 4) is 0 Å². The van der Waals surface area contributed by atoms with E-state index in [0.717, 1.165) is 24.8 Å². The first-order valence-corrected chi connectivity index (χ1v) is 11.0. The Morgan fingerprint density at radius 1 is 0.968 bits per heavy atom. The molecule has 0 radical (unpaired) electrons. The first kappa shape index (κ1) is 19.8. The molecular weight excluding hydrogens is 392 g/mol. The minimum absolute atomic E-state index is 0.0436. The summed E-state index contributed by atoms with van der Waals surface area (Å²) in [5, 5.41) is 0. The fraction of sp³-hybridized carbons (Fsp3) is 0.400. The number of Topliss-reactive ketones (excluding diaryl/α,β-unsaturated/α-hetero) is 1. The van der Waals surface area contributed by atoms with Crippen LogP contribution in [0.3, 0.4) is 0 Å². The van der Waals surface area contributed by atoms with Crippen molar-refractivity contribution in [3.63, 3.8) is 0 Å². The minimum Gasteiger partial charge on any atom is -0.442 e. The van der Waals surface area contributed by atoms with E-state index >= 15 is 0 Å². The van der Waals surface area contributed by atoms with Crippen LogP contribution in [-0.4, -0.2) is 58.4 Å². The number of rotatable bonds is 4. The predicted molar refractivity (Wildman–Crippen MR) is 115 cm³/mol. The highest BCUT2D eigenvalue weighted by Crippen LogP contribution is 2.40. The Labute approximate surface area is 181 Å². The first-order chi connectivity index (χ1) is 15.1. The molecule has 6 nitrogen and oxygen atoms in total. The Morgan fingerprint density at radius 3 is 2.29 bits per heavy atom. The Kier molecular flexibility index (Phi) is 5.00. The van der Waals surface area contributed by atoms with Crippen molar-refractivity contribution in [3.05, 3.63) is 71.8 Å². The Balaban J connectivity index is 1.29. The van der Waals surface area contributed by atoms with Crippen LogP contribution in [0.2, 0.25) is 0 Å². The number of ketones is 1. The van der Waals surface area contributed by atoms with Gasteiger partial charge in [0.15, 0.2) is 5.78 Å². The van der Waals surface area contributed by atoms with Crippen molar-refractivity contribution in [1.29, 1.82) is 0 Å². The summed E-state index contributed by atoms with van der Waals surface area (Å²) < 4.78 is 6.03. The molecule has 2 aromatic rings. The van der Waals surface area contributed by atoms with Crippen LogP contribution in [0.15, 0.2) is 60.7 Å². The third kappa shape index (κ3) is 3.60. The molecule has 0 aromatic heterocycles. The molecule has 160 valence electrons. The second-order valence-corrected chi connectivity index (χ2v) is 8.83. The smallest absolute Gasteiger partial charge is 0.411 e. The van der Waals surface area contributed by atoms with Crippen LogP contribution in [0, 0.1) is 0 Å². The van der Waals surface area contributed by atoms with Crippen molar-refractivity contribution in [2.24, 2.45) is 0 Å². The molecule has 1 aliphatic carbocycles. The molecule has 1 saturated carbocycles. The summed E-state index contributed by atoms with van der Waals surface area (Å²) in [4.78, 5) is 42.1. The number of benzene rings is 2. The van der Waals surface area contributed by atoms with Crippen LogP contribution in [0.1, 0.15) is 41.6 Å². The van der Waals surface area contributed by atoms with Crippen LogP contribution < -0.4 is 0 Å². The summed E-state index contributed by atoms with van der Waals surface area (Å²) in [5.41, 5.74) is 1.22. The van der Waals surface area contributed by atoms with Gasteiger partial charge in [-0.15, -0.1) is 0 Å². The largest absolute Gasteiger partial charge is 0.442 e. The van der Waals surface area contributed by atoms with Gasteiger partial charge in [-0.1, -0.05) is 48.5 Å². The normalized spacial score (nSPS) is 23.9. The van der Waals surface area contributed by atoms with Gasteiger partial charge in [0, 0.05) is 18.5 Å². The predicted octanol–water partition coefficient (Wildman–Crippen LogP) is 3.46. The highest BCUT2D eigenvalue weighted by Gasteiger charge is 2.53. The molecule has 0 bridgehead atoms. The second-order valence-electron chi connectivity index (χ2n) is 8.83. The van der Waals surface area contributed by atoms with Gasteiger partial charge in [0.1, 0.15) is 11.6 Å². The van der Waals surface area contributed by atoms with Crippen LogP contribution >= 0.6 is 0 Å². The maximum absolute atomic E-state index is 13.1. The van der Waals surface area contributed by atoms with E-state index < -0.39 is 17.7 Å². The topological polar surface area (TPSA) is 66.9 Å². The summed E-state index contributed by atoms with van der Waals surface area (Å²) >= 11 is 0. The van der Waals surface area contributed by atoms with E-state index in [0.29, 0.717) is 24.9 Å². The van der Waals surface area contributed by atoms with Crippen molar-refractivity contribution < 1.29 is 19.1 Å². The number of hydrogen-bond donors (Lipinski definition) is 0. The average molecular weight is 418 g/mol. The zero-order valence-electron chi connectivity index (χ0n) is 17.4. The molecule has 2 aliphatic heterocycles. The molecule has 0 N–H and O–H groups in total. The lowest BCUT2D eigenvalue weighted by Gasteiger charge is -2.42. The summed E-state index contributed by atoms with van der Waals surface area (Å²) in [6.45, 7) is 0.474. The van der Waals surface area contributed by atoms with Gasteiger partial charge in [0.2, 0.25) is 0 Å². The molecule has 3 aliphatic rings. The van der Waals surface area contributed by atoms with Gasteiger partial charge in [-0.05, 0) is 43.4 Å². The number of hydrogen-bond acceptors (Lipinski definition) is 4. The monoisotopic (exact) mass is 418 g/mol. The molecule has 2 aromatic carbocycles. The van der Waals surface area contributed by atoms with E-state index in [1.54, 1.807) is 21.9 Å². The van der Waals surface area contributed by atoms with Crippen molar-refractivity contribution in [2.75, 3.05) is 13.1 Å². The summed E-state index contributed by atoms with van der Waals surface area (Å²) in [6, 6.07) is 18.2. The highest BCUT2D eigenvalue weighted by molar-refractivity contribution is 6.02. The molecule has 0 spiro atoms. The number of amides is 2. The van der Waals surface area contributed by atoms with Crippen molar-refractivity contribution in [1.82, 2.24) is 9.80 Å². The molecule has 2 saturated heterocycles. The van der Waals surface area contributed by atoms with Gasteiger partial charge in [-0.25, -0.2) is 4.79 Å². The van der Waals surface area contributed by atoms with Crippen LogP contribution in [0.4, 0.5) is 4.79 Å². The third-order valence-electron chi connectivity index (χ3n) is 6.88. The summed E-state index contributed by atoms with van der Waals surface area (Å²) in [7, 11) is 0. The van der Waals surface area contributed by atoms with Gasteiger partial charge < -0.3 is 9.64 Å². The van der Waals surface area contributed by atoms with E-state index in [2.05, 4.69) is 0 Å². The molecule has 2 atom stereocenters. The Bertz CT molecular complexity index is 987. The minimum atomic E-state index is -0.603. The number of fused-ring (bicyclic) bond motifs is 1. The van der Waals surface area contributed by atoms with Crippen LogP contribution in [0.5, 0.6) is 0 Å². The molecule has 3 fully saturated rings. The molecule has 6 heteroatoms. The van der Waals surface area contributed by atoms with Gasteiger partial charge in [0.25, 0.3) is 5.91 Å². The number of carbonyl (C=O) groups is 3. The summed E-state index contributed by atoms with van der Waals surface area (Å²) in [6.07, 6.45) is 3.56. The molecule has 5 rings (SSSR count). The Hall–Kier alpha value is -3.15. The first-order valence-electron chi connectivity index (χ1n) is 11.0. The quantitative estimate of drug-likeness (QED) is 0.763. The molecular formula is C25H26N2O4. The average Bonchev–Trinajstić information content (AvgIpc) is 3.34. The molecule has 2 amide bonds. The lowest BCUT2D eigenvalue weighted by molar-refractivity contribution is -0.121. The third-order valence-corrected chi connectivity index (χ3v) is 6.88. The molecule has 0 unspecified atom stereocenters. The van der Waals surface area contributed by atoms with E-state index in [-0.39, 0.29) is 24.3 Å². The van der Waals surface area contributed by atoms with Gasteiger partial charge in [0.05, 0.1) is 12.6 Å². The van der Waals surface area contributed by atoms with Gasteiger partial charge in [-0.3, -0.25) is 14.5 Å². The number of ether oxygens (including phenoxy) is 1. The number of nitrogens with zero attached hydrogens (tertiary/aromatic N) is 2. The fourth-order valence-electron chi connectivity index (χ4n) is 5.14. The fourth-order valence-corrected chi connectivity index (χ4v) is 5.14. The zero-order valence-corrected chi connectivity index (χ0v) is 17.4. The summed E-state index contributed by atoms with van der Waals surface area (Å²) in [5.74, 6) is -0.245. The molecule has 2 heterocycles. The SMILES string of the molecule is O=C1CN(C(=O)c2ccccc2)[C@@H]2CCN(C(=O)OC3(Cc4ccccc4)CCC3)[C@H]12. The van der Waals surface area contributed by atoms with E-state index in [4.69, 9.17) is 4.74 Å². The maximum Gasteiger partial charge on any atom is 0.411 e. The van der Waals surface area contributed by atoms with E-state index in [1.165, 1.54) is 0 Å². The maximum atomic E-state index is 13.1. The number of likely N-dealkylation sites (tertiary alicyclic amines) is 2. The van der Waals surface area contributed by atoms with Crippen molar-refractivity contribution >= 4 is 17.8 Å². The van der Waals surface area contributed by atoms with Crippen LogP contribution in [-0.2, 0) is 16.0 Å². The van der Waals surface area contributed by atoms with Crippen molar-refractivity contribution in [2.45, 2.75) is 49.8 Å². The zero-order chi connectivity index (χ0) is 21.4. The lowest BCUT2D eigenvalue weighted by Crippen LogP contribution is -2.50. The standard InChI is InChI=1S/C25H26N2O4/c28-21-17-27(23(29)19-10-5-2-6-11-19)20-12-15-26(22(20)21)24(30)31-25(13-7-14-25)16-18-8-3-1-4-9-18/h1-6,8-11,20,22H,7,12-17H2/t20-,22+/m1/s1.